The third-order valence-electron chi connectivity index (χ3n) is 3.28. The van der Waals surface area contributed by atoms with E-state index < -0.39 is 0 Å². The number of nitrogens with one attached hydrogen (secondary N) is 2. The van der Waals surface area contributed by atoms with Crippen LogP contribution in [0.3, 0.4) is 0 Å². The third-order valence-corrected chi connectivity index (χ3v) is 4.53. The predicted molar refractivity (Wildman–Crippen MR) is 100 cm³/mol. The van der Waals surface area contributed by atoms with Crippen molar-refractivity contribution in [2.75, 3.05) is 18.5 Å². The lowest BCUT2D eigenvalue weighted by Crippen LogP contribution is -2.27. The van der Waals surface area contributed by atoms with Crippen molar-refractivity contribution in [2.45, 2.75) is 0 Å². The summed E-state index contributed by atoms with van der Waals surface area (Å²) in [6.07, 6.45) is 1.42. The van der Waals surface area contributed by atoms with Gasteiger partial charge in [-0.25, -0.2) is 0 Å². The first-order chi connectivity index (χ1) is 12.6. The van der Waals surface area contributed by atoms with Crippen LogP contribution in [0.5, 0.6) is 5.75 Å². The van der Waals surface area contributed by atoms with Gasteiger partial charge in [0.25, 0.3) is 11.8 Å². The van der Waals surface area contributed by atoms with Crippen molar-refractivity contribution in [1.82, 2.24) is 5.32 Å². The molecule has 3 aromatic rings. The Hall–Kier alpha value is -2.77. The summed E-state index contributed by atoms with van der Waals surface area (Å²) in [6, 6.07) is 13.5. The molecule has 3 rings (SSSR count). The Morgan fingerprint density at radius 3 is 2.62 bits per heavy atom. The molecule has 0 aliphatic rings. The summed E-state index contributed by atoms with van der Waals surface area (Å²) in [6.45, 7) is 0.689. The van der Waals surface area contributed by atoms with Crippen molar-refractivity contribution >= 4 is 39.8 Å². The van der Waals surface area contributed by atoms with Gasteiger partial charge in [-0.1, -0.05) is 11.6 Å². The second-order valence-corrected chi connectivity index (χ2v) is 6.67. The maximum Gasteiger partial charge on any atom is 0.291 e. The summed E-state index contributed by atoms with van der Waals surface area (Å²) in [5.41, 5.74) is 0. The first-order valence-electron chi connectivity index (χ1n) is 7.73. The molecule has 0 aliphatic carbocycles. The number of furan rings is 1. The van der Waals surface area contributed by atoms with Crippen LogP contribution in [0, 0.1) is 0 Å². The molecule has 2 amide bonds. The maximum atomic E-state index is 12.1. The SMILES string of the molecule is O=C(Nc1ccc(C(=O)NCCOc2ccc(Cl)cc2)s1)c1ccco1. The summed E-state index contributed by atoms with van der Waals surface area (Å²) in [7, 11) is 0. The molecule has 0 saturated heterocycles. The van der Waals surface area contributed by atoms with Gasteiger partial charge < -0.3 is 19.8 Å². The van der Waals surface area contributed by atoms with Crippen molar-refractivity contribution in [2.24, 2.45) is 0 Å². The van der Waals surface area contributed by atoms with Gasteiger partial charge in [-0.05, 0) is 48.5 Å². The fourth-order valence-electron chi connectivity index (χ4n) is 2.06. The largest absolute Gasteiger partial charge is 0.492 e. The van der Waals surface area contributed by atoms with Gasteiger partial charge in [0.05, 0.1) is 22.7 Å². The van der Waals surface area contributed by atoms with E-state index >= 15 is 0 Å². The Balaban J connectivity index is 1.44. The van der Waals surface area contributed by atoms with Crippen LogP contribution in [0.15, 0.2) is 59.2 Å². The van der Waals surface area contributed by atoms with Gasteiger partial charge in [0, 0.05) is 5.02 Å². The molecule has 2 heterocycles. The van der Waals surface area contributed by atoms with E-state index in [1.807, 2.05) is 0 Å². The van der Waals surface area contributed by atoms with E-state index in [-0.39, 0.29) is 17.6 Å². The summed E-state index contributed by atoms with van der Waals surface area (Å²) in [5, 5.41) is 6.65. The molecule has 0 radical (unpaired) electrons. The van der Waals surface area contributed by atoms with Crippen molar-refractivity contribution in [1.29, 1.82) is 0 Å². The second-order valence-electron chi connectivity index (χ2n) is 5.15. The van der Waals surface area contributed by atoms with Gasteiger partial charge in [0.1, 0.15) is 12.4 Å². The van der Waals surface area contributed by atoms with Crippen LogP contribution >= 0.6 is 22.9 Å². The molecule has 0 bridgehead atoms. The lowest BCUT2D eigenvalue weighted by atomic mass is 10.3. The molecule has 8 heteroatoms. The zero-order chi connectivity index (χ0) is 18.4. The quantitative estimate of drug-likeness (QED) is 0.596. The molecule has 2 N–H and O–H groups in total. The monoisotopic (exact) mass is 390 g/mol. The summed E-state index contributed by atoms with van der Waals surface area (Å²) in [4.78, 5) is 24.5. The van der Waals surface area contributed by atoms with Crippen molar-refractivity contribution in [3.05, 3.63) is 70.5 Å². The molecule has 134 valence electrons. The van der Waals surface area contributed by atoms with Crippen molar-refractivity contribution < 1.29 is 18.7 Å². The number of halogens is 1. The maximum absolute atomic E-state index is 12.1. The molecule has 0 fully saturated rings. The van der Waals surface area contributed by atoms with Crippen molar-refractivity contribution in [3.63, 3.8) is 0 Å². The van der Waals surface area contributed by atoms with E-state index in [4.69, 9.17) is 20.8 Å². The number of benzene rings is 1. The first kappa shape index (κ1) is 18.0. The van der Waals surface area contributed by atoms with Crippen LogP contribution in [-0.2, 0) is 0 Å². The van der Waals surface area contributed by atoms with Gasteiger partial charge in [0.2, 0.25) is 0 Å². The van der Waals surface area contributed by atoms with Crippen LogP contribution in [-0.4, -0.2) is 25.0 Å². The number of rotatable bonds is 7. The molecule has 0 aliphatic heterocycles. The van der Waals surface area contributed by atoms with Gasteiger partial charge in [-0.3, -0.25) is 9.59 Å². The zero-order valence-electron chi connectivity index (χ0n) is 13.5. The summed E-state index contributed by atoms with van der Waals surface area (Å²) in [5.74, 6) is 0.305. The normalized spacial score (nSPS) is 10.3. The number of carbonyl (C=O) groups excluding carboxylic acids is 2. The zero-order valence-corrected chi connectivity index (χ0v) is 15.1. The van der Waals surface area contributed by atoms with Gasteiger partial charge in [0.15, 0.2) is 5.76 Å². The smallest absolute Gasteiger partial charge is 0.291 e. The van der Waals surface area contributed by atoms with E-state index in [9.17, 15) is 9.59 Å². The number of ether oxygens (including phenoxy) is 1. The van der Waals surface area contributed by atoms with Crippen LogP contribution < -0.4 is 15.4 Å². The minimum atomic E-state index is -0.361. The number of anilines is 1. The summed E-state index contributed by atoms with van der Waals surface area (Å²) >= 11 is 6.98. The van der Waals surface area contributed by atoms with Crippen molar-refractivity contribution in [3.8, 4) is 5.75 Å². The van der Waals surface area contributed by atoms with Crippen LogP contribution in [0.25, 0.3) is 0 Å². The minimum absolute atomic E-state index is 0.212. The Morgan fingerprint density at radius 1 is 1.08 bits per heavy atom. The standard InChI is InChI=1S/C18H15ClN2O4S/c19-12-3-5-13(6-4-12)24-11-9-20-18(23)15-7-8-16(26-15)21-17(22)14-2-1-10-25-14/h1-8,10H,9,11H2,(H,20,23)(H,21,22). The number of carbonyl (C=O) groups is 2. The molecular formula is C18H15ClN2O4S. The number of amides is 2. The predicted octanol–water partition coefficient (Wildman–Crippen LogP) is 4.06. The highest BCUT2D eigenvalue weighted by Gasteiger charge is 2.13. The lowest BCUT2D eigenvalue weighted by molar-refractivity contribution is 0.0949. The highest BCUT2D eigenvalue weighted by Crippen LogP contribution is 2.22. The lowest BCUT2D eigenvalue weighted by Gasteiger charge is -2.07. The van der Waals surface area contributed by atoms with E-state index in [1.54, 1.807) is 48.5 Å². The van der Waals surface area contributed by atoms with Crippen LogP contribution in [0.4, 0.5) is 5.00 Å². The molecule has 2 aromatic heterocycles. The van der Waals surface area contributed by atoms with E-state index in [0.717, 1.165) is 0 Å². The Kier molecular flexibility index (Phi) is 5.93. The molecule has 0 unspecified atom stereocenters. The van der Waals surface area contributed by atoms with E-state index in [2.05, 4.69) is 10.6 Å². The topological polar surface area (TPSA) is 80.6 Å². The fourth-order valence-corrected chi connectivity index (χ4v) is 3.00. The Bertz CT molecular complexity index is 875. The van der Waals surface area contributed by atoms with Crippen LogP contribution in [0.1, 0.15) is 20.2 Å². The van der Waals surface area contributed by atoms with E-state index in [0.29, 0.717) is 33.8 Å². The Labute approximate surface area is 158 Å². The minimum Gasteiger partial charge on any atom is -0.492 e. The fraction of sp³-hybridized carbons (Fsp3) is 0.111. The average molecular weight is 391 g/mol. The molecule has 0 atom stereocenters. The molecule has 0 saturated carbocycles. The number of hydrogen-bond donors (Lipinski definition) is 2. The number of thiophene rings is 1. The third kappa shape index (κ3) is 4.87. The van der Waals surface area contributed by atoms with Gasteiger partial charge in [-0.15, -0.1) is 11.3 Å². The molecule has 0 spiro atoms. The number of hydrogen-bond acceptors (Lipinski definition) is 5. The molecule has 26 heavy (non-hydrogen) atoms. The highest BCUT2D eigenvalue weighted by atomic mass is 35.5. The molecular weight excluding hydrogens is 376 g/mol. The average Bonchev–Trinajstić information content (AvgIpc) is 3.32. The first-order valence-corrected chi connectivity index (χ1v) is 8.92. The van der Waals surface area contributed by atoms with Gasteiger partial charge >= 0.3 is 0 Å². The highest BCUT2D eigenvalue weighted by molar-refractivity contribution is 7.18. The molecule has 1 aromatic carbocycles. The molecule has 6 nitrogen and oxygen atoms in total. The van der Waals surface area contributed by atoms with E-state index in [1.165, 1.54) is 17.6 Å². The summed E-state index contributed by atoms with van der Waals surface area (Å²) < 4.78 is 10.5. The van der Waals surface area contributed by atoms with Crippen LogP contribution in [0.2, 0.25) is 5.02 Å². The Morgan fingerprint density at radius 2 is 1.88 bits per heavy atom. The second kappa shape index (κ2) is 8.55. The van der Waals surface area contributed by atoms with Gasteiger partial charge in [-0.2, -0.15) is 0 Å².